The molecule has 4 aromatic heterocycles. The van der Waals surface area contributed by atoms with Crippen molar-refractivity contribution in [1.82, 2.24) is 40.1 Å². The van der Waals surface area contributed by atoms with Crippen LogP contribution in [-0.4, -0.2) is 40.1 Å². The standard InChI is InChI=1S/C31H24N8/c1-4-24-36-27-19-8-6-17(12-21(19)25-29(30(27)37-24)33-10-9-32-25)16-5-7-18-20(11-16)22-13-34-35-14-23(22)28-26(18)38-31(39-28)15(2)3/h5-15,34H,4H2,1-3H3,(H,36,37). The van der Waals surface area contributed by atoms with Crippen molar-refractivity contribution in [3.05, 3.63) is 72.8 Å². The first-order valence-electron chi connectivity index (χ1n) is 13.2. The largest absolute Gasteiger partial charge is 0.340 e. The lowest BCUT2D eigenvalue weighted by molar-refractivity contribution is 0.799. The lowest BCUT2D eigenvalue weighted by Crippen LogP contribution is -1.89. The normalized spacial score (nSPS) is 12.3. The smallest absolute Gasteiger partial charge is 0.132 e. The van der Waals surface area contributed by atoms with Gasteiger partial charge in [-0.3, -0.25) is 15.1 Å². The minimum absolute atomic E-state index is 0.245. The lowest BCUT2D eigenvalue weighted by Gasteiger charge is -2.10. The van der Waals surface area contributed by atoms with Crippen molar-refractivity contribution in [3.8, 4) is 11.1 Å². The highest BCUT2D eigenvalue weighted by Gasteiger charge is 2.18. The zero-order valence-corrected chi connectivity index (χ0v) is 21.7. The highest BCUT2D eigenvalue weighted by Crippen LogP contribution is 2.38. The van der Waals surface area contributed by atoms with E-state index in [0.717, 1.165) is 94.6 Å². The molecule has 39 heavy (non-hydrogen) atoms. The van der Waals surface area contributed by atoms with Crippen LogP contribution in [0.3, 0.4) is 0 Å². The molecule has 4 heterocycles. The number of hydrogen-bond acceptors (Lipinski definition) is 6. The molecule has 0 aliphatic rings. The minimum Gasteiger partial charge on any atom is -0.340 e. The predicted molar refractivity (Wildman–Crippen MR) is 156 cm³/mol. The van der Waals surface area contributed by atoms with E-state index in [-0.39, 0.29) is 5.92 Å². The number of aromatic amines is 2. The van der Waals surface area contributed by atoms with Crippen LogP contribution in [0.2, 0.25) is 0 Å². The zero-order chi connectivity index (χ0) is 26.2. The Morgan fingerprint density at radius 1 is 0.692 bits per heavy atom. The molecule has 0 aliphatic carbocycles. The molecule has 188 valence electrons. The molecule has 8 aromatic rings. The number of nitrogens with zero attached hydrogens (tertiary/aromatic N) is 6. The van der Waals surface area contributed by atoms with Crippen molar-refractivity contribution in [3.63, 3.8) is 0 Å². The van der Waals surface area contributed by atoms with Crippen molar-refractivity contribution < 1.29 is 0 Å². The summed E-state index contributed by atoms with van der Waals surface area (Å²) in [6.07, 6.45) is 8.12. The fourth-order valence-corrected chi connectivity index (χ4v) is 5.71. The highest BCUT2D eigenvalue weighted by molar-refractivity contribution is 6.24. The van der Waals surface area contributed by atoms with Gasteiger partial charge < -0.3 is 4.98 Å². The van der Waals surface area contributed by atoms with Crippen molar-refractivity contribution in [2.45, 2.75) is 33.1 Å². The Bertz CT molecular complexity index is 2260. The number of aryl methyl sites for hydroxylation is 1. The molecule has 0 bridgehead atoms. The summed E-state index contributed by atoms with van der Waals surface area (Å²) in [5.74, 6) is 2.05. The fourth-order valence-electron chi connectivity index (χ4n) is 5.71. The summed E-state index contributed by atoms with van der Waals surface area (Å²) in [7, 11) is 0. The molecule has 8 nitrogen and oxygen atoms in total. The summed E-state index contributed by atoms with van der Waals surface area (Å²) in [5, 5.41) is 13.7. The summed E-state index contributed by atoms with van der Waals surface area (Å²) in [4.78, 5) is 27.6. The molecule has 2 N–H and O–H groups in total. The number of benzene rings is 4. The second kappa shape index (κ2) is 8.01. The summed E-state index contributed by atoms with van der Waals surface area (Å²) in [6.45, 7) is 6.34. The second-order valence-electron chi connectivity index (χ2n) is 10.3. The molecule has 8 heteroatoms. The van der Waals surface area contributed by atoms with Crippen LogP contribution in [0, 0.1) is 0 Å². The van der Waals surface area contributed by atoms with Gasteiger partial charge in [-0.15, -0.1) is 0 Å². The second-order valence-corrected chi connectivity index (χ2v) is 10.3. The van der Waals surface area contributed by atoms with E-state index in [1.807, 2.05) is 12.4 Å². The van der Waals surface area contributed by atoms with Crippen LogP contribution in [-0.2, 0) is 6.42 Å². The van der Waals surface area contributed by atoms with E-state index in [0.29, 0.717) is 0 Å². The van der Waals surface area contributed by atoms with E-state index in [4.69, 9.17) is 19.9 Å². The van der Waals surface area contributed by atoms with Gasteiger partial charge in [-0.25, -0.2) is 15.0 Å². The van der Waals surface area contributed by atoms with Crippen LogP contribution < -0.4 is 0 Å². The van der Waals surface area contributed by atoms with Gasteiger partial charge in [0.25, 0.3) is 0 Å². The molecule has 0 spiro atoms. The maximum absolute atomic E-state index is 4.93. The Kier molecular flexibility index (Phi) is 4.53. The molecule has 0 aliphatic heterocycles. The Morgan fingerprint density at radius 3 is 2.13 bits per heavy atom. The molecule has 0 saturated heterocycles. The first kappa shape index (κ1) is 22.0. The van der Waals surface area contributed by atoms with Crippen LogP contribution in [0.15, 0.2) is 61.2 Å². The van der Waals surface area contributed by atoms with Crippen LogP contribution in [0.4, 0.5) is 0 Å². The number of imidazole rings is 2. The monoisotopic (exact) mass is 508 g/mol. The number of fused-ring (bicyclic) bond motifs is 12. The van der Waals surface area contributed by atoms with E-state index < -0.39 is 0 Å². The van der Waals surface area contributed by atoms with Crippen LogP contribution >= 0.6 is 0 Å². The van der Waals surface area contributed by atoms with Crippen molar-refractivity contribution in [2.24, 2.45) is 0 Å². The minimum atomic E-state index is 0.245. The van der Waals surface area contributed by atoms with Gasteiger partial charge in [-0.2, -0.15) is 5.10 Å². The lowest BCUT2D eigenvalue weighted by atomic mass is 9.95. The van der Waals surface area contributed by atoms with Crippen LogP contribution in [0.5, 0.6) is 0 Å². The molecule has 4 aromatic carbocycles. The summed E-state index contributed by atoms with van der Waals surface area (Å²) < 4.78 is 0. The summed E-state index contributed by atoms with van der Waals surface area (Å²) in [5.41, 5.74) is 7.63. The third kappa shape index (κ3) is 3.11. The Balaban J connectivity index is 1.41. The van der Waals surface area contributed by atoms with Gasteiger partial charge in [-0.05, 0) is 28.6 Å². The van der Waals surface area contributed by atoms with E-state index in [2.05, 4.69) is 77.3 Å². The molecular weight excluding hydrogens is 484 g/mol. The number of rotatable bonds is 3. The summed E-state index contributed by atoms with van der Waals surface area (Å²) >= 11 is 0. The SMILES string of the molecule is CCc1nc2c3ccc(-c4ccc5c(c4)c4c[nH]ncc4c4nc(C(C)C)nc54)cc3c3nccnc3c2[nH]1. The fraction of sp³-hybridized carbons (Fsp3) is 0.161. The molecule has 0 unspecified atom stereocenters. The maximum Gasteiger partial charge on any atom is 0.132 e. The molecule has 0 radical (unpaired) electrons. The first-order valence-corrected chi connectivity index (χ1v) is 13.2. The Hall–Kier alpha value is -4.98. The Labute approximate surface area is 222 Å². The molecule has 0 atom stereocenters. The Morgan fingerprint density at radius 2 is 1.38 bits per heavy atom. The van der Waals surface area contributed by atoms with Gasteiger partial charge in [0.15, 0.2) is 0 Å². The van der Waals surface area contributed by atoms with Gasteiger partial charge in [0, 0.05) is 57.9 Å². The van der Waals surface area contributed by atoms with Crippen LogP contribution in [0.25, 0.3) is 76.5 Å². The van der Waals surface area contributed by atoms with Gasteiger partial charge >= 0.3 is 0 Å². The quantitative estimate of drug-likeness (QED) is 0.249. The maximum atomic E-state index is 4.93. The zero-order valence-electron chi connectivity index (χ0n) is 21.7. The van der Waals surface area contributed by atoms with E-state index in [1.54, 1.807) is 12.4 Å². The molecule has 8 rings (SSSR count). The van der Waals surface area contributed by atoms with Crippen LogP contribution in [0.1, 0.15) is 38.3 Å². The predicted octanol–water partition coefficient (Wildman–Crippen LogP) is 6.98. The number of aromatic nitrogens is 8. The molecule has 0 fully saturated rings. The van der Waals surface area contributed by atoms with Gasteiger partial charge in [0.2, 0.25) is 0 Å². The van der Waals surface area contributed by atoms with E-state index >= 15 is 0 Å². The number of hydrogen-bond donors (Lipinski definition) is 2. The third-order valence-corrected chi connectivity index (χ3v) is 7.67. The molecular formula is C31H24N8. The number of H-pyrrole nitrogens is 2. The van der Waals surface area contributed by atoms with E-state index in [1.165, 1.54) is 0 Å². The molecule has 0 amide bonds. The third-order valence-electron chi connectivity index (χ3n) is 7.67. The van der Waals surface area contributed by atoms with Gasteiger partial charge in [0.05, 0.1) is 28.3 Å². The van der Waals surface area contributed by atoms with E-state index in [9.17, 15) is 0 Å². The number of nitrogens with one attached hydrogen (secondary N) is 2. The molecule has 0 saturated carbocycles. The van der Waals surface area contributed by atoms with Gasteiger partial charge in [-0.1, -0.05) is 45.0 Å². The topological polar surface area (TPSA) is 109 Å². The average Bonchev–Trinajstić information content (AvgIpc) is 3.63. The van der Waals surface area contributed by atoms with Crippen molar-refractivity contribution >= 4 is 65.4 Å². The van der Waals surface area contributed by atoms with Gasteiger partial charge in [0.1, 0.15) is 22.7 Å². The van der Waals surface area contributed by atoms with Crippen molar-refractivity contribution in [1.29, 1.82) is 0 Å². The first-order chi connectivity index (χ1) is 19.1. The summed E-state index contributed by atoms with van der Waals surface area (Å²) in [6, 6.07) is 13.1. The van der Waals surface area contributed by atoms with Crippen molar-refractivity contribution in [2.75, 3.05) is 0 Å². The average molecular weight is 509 g/mol. The highest BCUT2D eigenvalue weighted by atomic mass is 15.1.